The molecule has 3 saturated heterocycles. The zero-order chi connectivity index (χ0) is 21.3. The standard InChI is InChI=1S/C21H31N5O4/c1-3-24-11-16(23-13-24)8-22-21(29)20-15-7-14(9-25(10-15)12-19(28)30-2)17-5-4-6-18(27)26(17)20/h11,13-15,17,20H,3-10,12H2,1-2H3,(H,22,29)/t14-,15+,17+,20-/m1/s1. The quantitative estimate of drug-likeness (QED) is 0.673. The second-order valence-electron chi connectivity index (χ2n) is 8.64. The van der Waals surface area contributed by atoms with Crippen molar-refractivity contribution in [2.24, 2.45) is 11.8 Å². The first-order valence-electron chi connectivity index (χ1n) is 10.9. The molecular weight excluding hydrogens is 386 g/mol. The number of nitrogens with one attached hydrogen (secondary N) is 1. The van der Waals surface area contributed by atoms with Gasteiger partial charge in [-0.25, -0.2) is 4.98 Å². The molecule has 1 aromatic rings. The fourth-order valence-electron chi connectivity index (χ4n) is 5.42. The second-order valence-corrected chi connectivity index (χ2v) is 8.64. The molecule has 2 bridgehead atoms. The molecule has 0 radical (unpaired) electrons. The fraction of sp³-hybridized carbons (Fsp3) is 0.714. The van der Waals surface area contributed by atoms with E-state index in [2.05, 4.69) is 15.2 Å². The van der Waals surface area contributed by atoms with Crippen LogP contribution in [0.4, 0.5) is 0 Å². The molecule has 3 fully saturated rings. The number of aryl methyl sites for hydroxylation is 1. The van der Waals surface area contributed by atoms with Gasteiger partial charge in [0.1, 0.15) is 6.04 Å². The highest BCUT2D eigenvalue weighted by molar-refractivity contribution is 5.89. The Labute approximate surface area is 176 Å². The van der Waals surface area contributed by atoms with Crippen molar-refractivity contribution in [2.45, 2.75) is 57.8 Å². The lowest BCUT2D eigenvalue weighted by atomic mass is 9.71. The monoisotopic (exact) mass is 417 g/mol. The van der Waals surface area contributed by atoms with E-state index in [4.69, 9.17) is 4.74 Å². The molecule has 9 heteroatoms. The van der Waals surface area contributed by atoms with Crippen LogP contribution in [0.5, 0.6) is 0 Å². The lowest BCUT2D eigenvalue weighted by Crippen LogP contribution is -2.68. The minimum Gasteiger partial charge on any atom is -0.468 e. The van der Waals surface area contributed by atoms with Gasteiger partial charge in [0.2, 0.25) is 11.8 Å². The summed E-state index contributed by atoms with van der Waals surface area (Å²) in [6.45, 7) is 4.82. The van der Waals surface area contributed by atoms with Crippen molar-refractivity contribution >= 4 is 17.8 Å². The number of piperidine rings is 3. The number of imidazole rings is 1. The number of hydrogen-bond acceptors (Lipinski definition) is 6. The van der Waals surface area contributed by atoms with Crippen molar-refractivity contribution < 1.29 is 19.1 Å². The van der Waals surface area contributed by atoms with Crippen molar-refractivity contribution in [3.63, 3.8) is 0 Å². The van der Waals surface area contributed by atoms with E-state index in [-0.39, 0.29) is 36.3 Å². The lowest BCUT2D eigenvalue weighted by Gasteiger charge is -2.55. The number of rotatable bonds is 6. The number of amides is 2. The summed E-state index contributed by atoms with van der Waals surface area (Å²) in [4.78, 5) is 46.2. The smallest absolute Gasteiger partial charge is 0.319 e. The summed E-state index contributed by atoms with van der Waals surface area (Å²) in [5.41, 5.74) is 0.802. The highest BCUT2D eigenvalue weighted by Crippen LogP contribution is 2.41. The van der Waals surface area contributed by atoms with E-state index in [1.807, 2.05) is 22.6 Å². The van der Waals surface area contributed by atoms with E-state index in [1.54, 1.807) is 6.33 Å². The number of nitrogens with zero attached hydrogens (tertiary/aromatic N) is 4. The molecule has 0 aromatic carbocycles. The van der Waals surface area contributed by atoms with Crippen molar-refractivity contribution in [1.29, 1.82) is 0 Å². The fourth-order valence-corrected chi connectivity index (χ4v) is 5.42. The predicted octanol–water partition coefficient (Wildman–Crippen LogP) is 0.394. The van der Waals surface area contributed by atoms with Gasteiger partial charge in [-0.3, -0.25) is 19.3 Å². The van der Waals surface area contributed by atoms with Gasteiger partial charge in [0.05, 0.1) is 32.2 Å². The zero-order valence-electron chi connectivity index (χ0n) is 17.7. The lowest BCUT2D eigenvalue weighted by molar-refractivity contribution is -0.162. The number of ether oxygens (including phenoxy) is 1. The Bertz CT molecular complexity index is 809. The molecule has 3 aliphatic rings. The van der Waals surface area contributed by atoms with Gasteiger partial charge < -0.3 is 19.5 Å². The Hall–Kier alpha value is -2.42. The maximum absolute atomic E-state index is 13.3. The van der Waals surface area contributed by atoms with Crippen LogP contribution < -0.4 is 5.32 Å². The Kier molecular flexibility index (Phi) is 6.08. The molecule has 4 heterocycles. The van der Waals surface area contributed by atoms with Crippen molar-refractivity contribution in [1.82, 2.24) is 24.7 Å². The first kappa shape index (κ1) is 20.8. The second kappa shape index (κ2) is 8.75. The average molecular weight is 418 g/mol. The van der Waals surface area contributed by atoms with Gasteiger partial charge >= 0.3 is 5.97 Å². The van der Waals surface area contributed by atoms with Crippen LogP contribution in [-0.4, -0.2) is 76.0 Å². The molecule has 164 valence electrons. The van der Waals surface area contributed by atoms with Crippen LogP contribution in [0.15, 0.2) is 12.5 Å². The SMILES string of the molecule is CCn1cnc(CNC(=O)[C@H]2[C@H]3C[C@H](CN(CC(=O)OC)C3)[C@@H]3CCCC(=O)N32)c1. The summed E-state index contributed by atoms with van der Waals surface area (Å²) in [5, 5.41) is 3.01. The Morgan fingerprint density at radius 1 is 1.30 bits per heavy atom. The van der Waals surface area contributed by atoms with Crippen molar-refractivity contribution in [2.75, 3.05) is 26.7 Å². The number of aromatic nitrogens is 2. The Morgan fingerprint density at radius 3 is 2.83 bits per heavy atom. The molecule has 30 heavy (non-hydrogen) atoms. The number of carbonyl (C=O) groups is 3. The third-order valence-electron chi connectivity index (χ3n) is 6.76. The Balaban J connectivity index is 1.51. The van der Waals surface area contributed by atoms with E-state index < -0.39 is 6.04 Å². The molecule has 0 spiro atoms. The summed E-state index contributed by atoms with van der Waals surface area (Å²) in [7, 11) is 1.39. The van der Waals surface area contributed by atoms with Gasteiger partial charge in [-0.2, -0.15) is 0 Å². The van der Waals surface area contributed by atoms with Crippen LogP contribution in [-0.2, 0) is 32.2 Å². The molecule has 0 aliphatic carbocycles. The highest BCUT2D eigenvalue weighted by atomic mass is 16.5. The third-order valence-corrected chi connectivity index (χ3v) is 6.76. The van der Waals surface area contributed by atoms with Gasteiger partial charge in [-0.15, -0.1) is 0 Å². The molecule has 4 atom stereocenters. The molecule has 3 aliphatic heterocycles. The Morgan fingerprint density at radius 2 is 2.10 bits per heavy atom. The largest absolute Gasteiger partial charge is 0.468 e. The molecule has 0 saturated carbocycles. The van der Waals surface area contributed by atoms with Crippen LogP contribution in [0.25, 0.3) is 0 Å². The van der Waals surface area contributed by atoms with Gasteiger partial charge in [-0.1, -0.05) is 0 Å². The number of likely N-dealkylation sites (tertiary alicyclic amines) is 1. The van der Waals surface area contributed by atoms with Gasteiger partial charge in [0, 0.05) is 44.2 Å². The van der Waals surface area contributed by atoms with E-state index in [0.29, 0.717) is 25.4 Å². The number of esters is 1. The topological polar surface area (TPSA) is 96.8 Å². The minimum absolute atomic E-state index is 0.0138. The van der Waals surface area contributed by atoms with E-state index in [1.165, 1.54) is 7.11 Å². The molecule has 1 N–H and O–H groups in total. The summed E-state index contributed by atoms with van der Waals surface area (Å²) in [6, 6.07) is -0.425. The molecule has 0 unspecified atom stereocenters. The molecule has 1 aromatic heterocycles. The molecule has 2 amide bonds. The number of fused-ring (bicyclic) bond motifs is 4. The number of carbonyl (C=O) groups excluding carboxylic acids is 3. The summed E-state index contributed by atoms with van der Waals surface area (Å²) >= 11 is 0. The number of methoxy groups -OCH3 is 1. The first-order valence-corrected chi connectivity index (χ1v) is 10.9. The van der Waals surface area contributed by atoms with Crippen LogP contribution in [0, 0.1) is 11.8 Å². The average Bonchev–Trinajstić information content (AvgIpc) is 3.21. The zero-order valence-corrected chi connectivity index (χ0v) is 17.7. The van der Waals surface area contributed by atoms with Gasteiger partial charge in [-0.05, 0) is 32.1 Å². The molecule has 4 rings (SSSR count). The highest BCUT2D eigenvalue weighted by Gasteiger charge is 2.51. The third kappa shape index (κ3) is 4.08. The summed E-state index contributed by atoms with van der Waals surface area (Å²) in [5.74, 6) is 0.00312. The molecule has 9 nitrogen and oxygen atoms in total. The van der Waals surface area contributed by atoms with Crippen molar-refractivity contribution in [3.05, 3.63) is 18.2 Å². The van der Waals surface area contributed by atoms with Gasteiger partial charge in [0.15, 0.2) is 0 Å². The summed E-state index contributed by atoms with van der Waals surface area (Å²) in [6.07, 6.45) is 6.87. The summed E-state index contributed by atoms with van der Waals surface area (Å²) < 4.78 is 6.80. The minimum atomic E-state index is -0.493. The van der Waals surface area contributed by atoms with E-state index in [9.17, 15) is 14.4 Å². The first-order chi connectivity index (χ1) is 14.5. The normalized spacial score (nSPS) is 28.7. The van der Waals surface area contributed by atoms with E-state index in [0.717, 1.165) is 38.0 Å². The van der Waals surface area contributed by atoms with Crippen LogP contribution in [0.2, 0.25) is 0 Å². The van der Waals surface area contributed by atoms with Crippen molar-refractivity contribution in [3.8, 4) is 0 Å². The van der Waals surface area contributed by atoms with Gasteiger partial charge in [0.25, 0.3) is 0 Å². The maximum Gasteiger partial charge on any atom is 0.319 e. The van der Waals surface area contributed by atoms with Crippen LogP contribution in [0.1, 0.15) is 38.3 Å². The van der Waals surface area contributed by atoms with E-state index >= 15 is 0 Å². The van der Waals surface area contributed by atoms with Crippen LogP contribution in [0.3, 0.4) is 0 Å². The predicted molar refractivity (Wildman–Crippen MR) is 108 cm³/mol. The van der Waals surface area contributed by atoms with Crippen LogP contribution >= 0.6 is 0 Å². The maximum atomic E-state index is 13.3. The molecular formula is C21H31N5O4. The number of hydrogen-bond donors (Lipinski definition) is 1.